The number of halogens is 1. The fraction of sp³-hybridized carbons (Fsp3) is 0.237. The number of tetrazole rings is 1. The zero-order chi connectivity index (χ0) is 33.4. The third-order valence-corrected chi connectivity index (χ3v) is 9.89. The maximum Gasteiger partial charge on any atom is 0.274 e. The van der Waals surface area contributed by atoms with Gasteiger partial charge in [0, 0.05) is 42.2 Å². The van der Waals surface area contributed by atoms with E-state index < -0.39 is 5.60 Å². The van der Waals surface area contributed by atoms with Gasteiger partial charge in [-0.15, -0.1) is 0 Å². The third kappa shape index (κ3) is 6.08. The van der Waals surface area contributed by atoms with Crippen LogP contribution in [0.1, 0.15) is 40.8 Å². The van der Waals surface area contributed by atoms with Gasteiger partial charge in [-0.1, -0.05) is 89.5 Å². The summed E-state index contributed by atoms with van der Waals surface area (Å²) >= 11 is 6.39. The quantitative estimate of drug-likeness (QED) is 0.200. The molecule has 3 aromatic heterocycles. The summed E-state index contributed by atoms with van der Waals surface area (Å²) in [5.41, 5.74) is 5.29. The fourth-order valence-electron chi connectivity index (χ4n) is 6.99. The second-order valence-corrected chi connectivity index (χ2v) is 13.2. The summed E-state index contributed by atoms with van der Waals surface area (Å²) in [6.45, 7) is 3.94. The van der Waals surface area contributed by atoms with Crippen molar-refractivity contribution < 1.29 is 5.11 Å². The molecule has 7 aromatic rings. The molecule has 1 fully saturated rings. The smallest absolute Gasteiger partial charge is 0.274 e. The first-order valence-electron chi connectivity index (χ1n) is 16.5. The summed E-state index contributed by atoms with van der Waals surface area (Å²) in [6, 6.07) is 32.7. The predicted octanol–water partition coefficient (Wildman–Crippen LogP) is 5.76. The van der Waals surface area contributed by atoms with Gasteiger partial charge < -0.3 is 15.0 Å². The number of benzene rings is 4. The van der Waals surface area contributed by atoms with Gasteiger partial charge in [0.2, 0.25) is 0 Å². The Morgan fingerprint density at radius 3 is 2.45 bits per heavy atom. The van der Waals surface area contributed by atoms with Gasteiger partial charge in [0.25, 0.3) is 5.78 Å². The van der Waals surface area contributed by atoms with Gasteiger partial charge in [-0.3, -0.25) is 4.90 Å². The van der Waals surface area contributed by atoms with Crippen molar-refractivity contribution in [1.29, 1.82) is 0 Å². The summed E-state index contributed by atoms with van der Waals surface area (Å²) < 4.78 is 3.45. The molecule has 10 nitrogen and oxygen atoms in total. The Balaban J connectivity index is 1.08. The number of likely N-dealkylation sites (tertiary alicyclic amines) is 1. The minimum Gasteiger partial charge on any atom is -0.374 e. The number of piperidine rings is 1. The Kier molecular flexibility index (Phi) is 8.38. The van der Waals surface area contributed by atoms with E-state index in [1.807, 2.05) is 66.2 Å². The van der Waals surface area contributed by atoms with Crippen molar-refractivity contribution in [3.05, 3.63) is 143 Å². The highest BCUT2D eigenvalue weighted by Gasteiger charge is 2.37. The first kappa shape index (κ1) is 31.3. The van der Waals surface area contributed by atoms with E-state index in [1.54, 1.807) is 17.0 Å². The largest absolute Gasteiger partial charge is 0.374 e. The second-order valence-electron chi connectivity index (χ2n) is 12.8. The normalized spacial score (nSPS) is 15.6. The molecule has 4 aromatic carbocycles. The monoisotopic (exact) mass is 669 g/mol. The van der Waals surface area contributed by atoms with E-state index in [-0.39, 0.29) is 0 Å². The number of fused-ring (bicyclic) bond motifs is 3. The van der Waals surface area contributed by atoms with Crippen LogP contribution in [0.2, 0.25) is 5.02 Å². The Morgan fingerprint density at radius 2 is 1.69 bits per heavy atom. The molecular formula is C38H36ClN9O. The number of aryl methyl sites for hydroxylation is 1. The van der Waals surface area contributed by atoms with Gasteiger partial charge in [0.05, 0.1) is 29.4 Å². The minimum absolute atomic E-state index is 0.374. The van der Waals surface area contributed by atoms with E-state index in [0.29, 0.717) is 33.8 Å². The van der Waals surface area contributed by atoms with E-state index in [1.165, 1.54) is 5.56 Å². The predicted molar refractivity (Wildman–Crippen MR) is 190 cm³/mol. The first-order valence-corrected chi connectivity index (χ1v) is 16.9. The lowest BCUT2D eigenvalue weighted by atomic mass is 9.82. The number of rotatable bonds is 9. The number of hydrogen-bond donors (Lipinski definition) is 2. The molecule has 0 aliphatic carbocycles. The highest BCUT2D eigenvalue weighted by atomic mass is 35.5. The Hall–Kier alpha value is -5.00. The second kappa shape index (κ2) is 13.1. The topological polar surface area (TPSA) is 109 Å². The number of imidazole rings is 1. The number of aromatic nitrogens is 7. The lowest BCUT2D eigenvalue weighted by molar-refractivity contribution is 0.117. The molecule has 0 amide bonds. The molecule has 1 aliphatic rings. The zero-order valence-corrected chi connectivity index (χ0v) is 27.9. The van der Waals surface area contributed by atoms with Crippen molar-refractivity contribution in [3.8, 4) is 11.3 Å². The lowest BCUT2D eigenvalue weighted by Gasteiger charge is -2.32. The molecule has 49 heavy (non-hydrogen) atoms. The van der Waals surface area contributed by atoms with E-state index in [4.69, 9.17) is 16.6 Å². The average Bonchev–Trinajstić information content (AvgIpc) is 3.80. The first-order chi connectivity index (χ1) is 24.0. The molecule has 0 radical (unpaired) electrons. The molecule has 1 unspecified atom stereocenters. The SMILES string of the molecule is Cn1cncc1C(O)(c1ccc(CNC2CCN(Cc3ccccc3)CC2)cc1)c1ccc2c(c1)c(-c1cccc(Cl)c1)nc1nnnn12. The molecule has 2 N–H and O–H groups in total. The van der Waals surface area contributed by atoms with E-state index >= 15 is 0 Å². The summed E-state index contributed by atoms with van der Waals surface area (Å²) in [5, 5.41) is 30.1. The standard InChI is InChI=1S/C38H36ClN9O/c1-46-25-40-23-35(46)38(49,29-12-10-26(11-13-29)22-41-32-16-18-47(19-17-32)24-27-6-3-2-4-7-27)30-14-15-34-33(21-30)36(28-8-5-9-31(39)20-28)42-37-43-44-45-48(34)37/h2-15,20-21,23,25,32,41,49H,16-19,22,24H2,1H3. The molecule has 8 rings (SSSR count). The van der Waals surface area contributed by atoms with Crippen LogP contribution in [-0.4, -0.2) is 63.7 Å². The molecule has 0 spiro atoms. The number of hydrogen-bond acceptors (Lipinski definition) is 8. The number of nitrogens with one attached hydrogen (secondary N) is 1. The van der Waals surface area contributed by atoms with Gasteiger partial charge in [-0.25, -0.2) is 9.97 Å². The van der Waals surface area contributed by atoms with Crippen molar-refractivity contribution in [2.45, 2.75) is 37.6 Å². The van der Waals surface area contributed by atoms with Gasteiger partial charge >= 0.3 is 0 Å². The average molecular weight is 670 g/mol. The van der Waals surface area contributed by atoms with Gasteiger partial charge in [0.1, 0.15) is 0 Å². The summed E-state index contributed by atoms with van der Waals surface area (Å²) in [7, 11) is 1.89. The molecule has 0 saturated carbocycles. The maximum atomic E-state index is 12.8. The molecule has 0 bridgehead atoms. The van der Waals surface area contributed by atoms with Crippen LogP contribution in [0.5, 0.6) is 0 Å². The van der Waals surface area contributed by atoms with Crippen LogP contribution < -0.4 is 5.32 Å². The van der Waals surface area contributed by atoms with Crippen molar-refractivity contribution in [2.75, 3.05) is 13.1 Å². The third-order valence-electron chi connectivity index (χ3n) is 9.65. The van der Waals surface area contributed by atoms with Gasteiger partial charge in [-0.05, 0) is 82.9 Å². The molecule has 4 heterocycles. The number of nitrogens with zero attached hydrogens (tertiary/aromatic N) is 8. The Morgan fingerprint density at radius 1 is 0.898 bits per heavy atom. The van der Waals surface area contributed by atoms with E-state index in [2.05, 4.69) is 73.2 Å². The zero-order valence-electron chi connectivity index (χ0n) is 27.1. The highest BCUT2D eigenvalue weighted by Crippen LogP contribution is 2.39. The summed E-state index contributed by atoms with van der Waals surface area (Å²) in [5.74, 6) is 0.374. The maximum absolute atomic E-state index is 12.8. The van der Waals surface area contributed by atoms with Crippen LogP contribution in [0.25, 0.3) is 27.9 Å². The lowest BCUT2D eigenvalue weighted by Crippen LogP contribution is -2.41. The molecular weight excluding hydrogens is 634 g/mol. The van der Waals surface area contributed by atoms with Crippen LogP contribution in [0, 0.1) is 0 Å². The van der Waals surface area contributed by atoms with Gasteiger partial charge in [0.15, 0.2) is 5.60 Å². The van der Waals surface area contributed by atoms with E-state index in [0.717, 1.165) is 66.6 Å². The van der Waals surface area contributed by atoms with Crippen LogP contribution in [0.15, 0.2) is 110 Å². The number of aliphatic hydroxyl groups is 1. The Labute approximate surface area is 289 Å². The molecule has 11 heteroatoms. The molecule has 1 atom stereocenters. The highest BCUT2D eigenvalue weighted by molar-refractivity contribution is 6.30. The van der Waals surface area contributed by atoms with Crippen LogP contribution in [0.4, 0.5) is 0 Å². The molecule has 1 saturated heterocycles. The minimum atomic E-state index is -1.52. The van der Waals surface area contributed by atoms with Crippen molar-refractivity contribution in [3.63, 3.8) is 0 Å². The molecule has 1 aliphatic heterocycles. The van der Waals surface area contributed by atoms with Crippen molar-refractivity contribution in [2.24, 2.45) is 7.05 Å². The van der Waals surface area contributed by atoms with Crippen LogP contribution >= 0.6 is 11.6 Å². The Bertz CT molecular complexity index is 2230. The fourth-order valence-corrected chi connectivity index (χ4v) is 7.18. The van der Waals surface area contributed by atoms with E-state index in [9.17, 15) is 5.11 Å². The van der Waals surface area contributed by atoms with Gasteiger partial charge in [-0.2, -0.15) is 4.52 Å². The molecule has 246 valence electrons. The van der Waals surface area contributed by atoms with Crippen LogP contribution in [-0.2, 0) is 25.7 Å². The summed E-state index contributed by atoms with van der Waals surface area (Å²) in [6.07, 6.45) is 5.66. The van der Waals surface area contributed by atoms with Crippen molar-refractivity contribution >= 4 is 28.3 Å². The summed E-state index contributed by atoms with van der Waals surface area (Å²) in [4.78, 5) is 11.7. The van der Waals surface area contributed by atoms with Crippen molar-refractivity contribution in [1.82, 2.24) is 44.8 Å². The van der Waals surface area contributed by atoms with Crippen LogP contribution in [0.3, 0.4) is 0 Å².